The van der Waals surface area contributed by atoms with Crippen molar-refractivity contribution >= 4 is 5.91 Å². The number of carbonyl (C=O) groups excluding carboxylic acids is 1. The summed E-state index contributed by atoms with van der Waals surface area (Å²) in [6.07, 6.45) is 4.72. The molecule has 5 nitrogen and oxygen atoms in total. The minimum absolute atomic E-state index is 0.0704. The minimum atomic E-state index is -0.0704. The van der Waals surface area contributed by atoms with Gasteiger partial charge in [-0.1, -0.05) is 0 Å². The molecular weight excluding hydrogens is 230 g/mol. The molecule has 0 bridgehead atoms. The van der Waals surface area contributed by atoms with Crippen LogP contribution in [-0.2, 0) is 11.3 Å². The number of amides is 1. The van der Waals surface area contributed by atoms with E-state index in [1.165, 1.54) is 0 Å². The molecule has 2 unspecified atom stereocenters. The third-order valence-corrected chi connectivity index (χ3v) is 3.57. The number of nitrogens with zero attached hydrogens (tertiary/aromatic N) is 2. The molecule has 2 heterocycles. The molecule has 1 aliphatic heterocycles. The van der Waals surface area contributed by atoms with Crippen LogP contribution in [0.15, 0.2) is 10.6 Å². The van der Waals surface area contributed by atoms with E-state index in [2.05, 4.69) is 17.2 Å². The van der Waals surface area contributed by atoms with Gasteiger partial charge in [0.1, 0.15) is 5.76 Å². The lowest BCUT2D eigenvalue weighted by molar-refractivity contribution is -0.135. The van der Waals surface area contributed by atoms with E-state index >= 15 is 0 Å². The topological polar surface area (TPSA) is 58.4 Å². The standard InChI is InChI=1S/C13H21N3O2/c1-9-5-4-6-12(14-3)13(17)16(9)8-11-7-15-10(2)18-11/h7,9,12,14H,4-6,8H2,1-3H3. The predicted molar refractivity (Wildman–Crippen MR) is 68.0 cm³/mol. The zero-order valence-corrected chi connectivity index (χ0v) is 11.3. The fourth-order valence-corrected chi connectivity index (χ4v) is 2.46. The number of nitrogens with one attached hydrogen (secondary N) is 1. The fourth-order valence-electron chi connectivity index (χ4n) is 2.46. The van der Waals surface area contributed by atoms with Crippen molar-refractivity contribution in [2.75, 3.05) is 7.05 Å². The van der Waals surface area contributed by atoms with Crippen molar-refractivity contribution in [3.63, 3.8) is 0 Å². The maximum Gasteiger partial charge on any atom is 0.240 e. The molecule has 100 valence electrons. The summed E-state index contributed by atoms with van der Waals surface area (Å²) >= 11 is 0. The maximum absolute atomic E-state index is 12.4. The molecular formula is C13H21N3O2. The Morgan fingerprint density at radius 3 is 2.94 bits per heavy atom. The number of aryl methyl sites for hydroxylation is 1. The summed E-state index contributed by atoms with van der Waals surface area (Å²) in [5.74, 6) is 1.56. The highest BCUT2D eigenvalue weighted by molar-refractivity contribution is 5.82. The second-order valence-electron chi connectivity index (χ2n) is 4.93. The molecule has 0 radical (unpaired) electrons. The molecule has 1 amide bonds. The van der Waals surface area contributed by atoms with Crippen molar-refractivity contribution in [3.8, 4) is 0 Å². The van der Waals surface area contributed by atoms with Gasteiger partial charge in [0.05, 0.1) is 18.8 Å². The van der Waals surface area contributed by atoms with Crippen molar-refractivity contribution < 1.29 is 9.21 Å². The number of hydrogen-bond donors (Lipinski definition) is 1. The summed E-state index contributed by atoms with van der Waals surface area (Å²) in [5, 5.41) is 3.10. The van der Waals surface area contributed by atoms with Gasteiger partial charge in [0.2, 0.25) is 5.91 Å². The number of likely N-dealkylation sites (tertiary alicyclic amines) is 1. The van der Waals surface area contributed by atoms with E-state index in [1.54, 1.807) is 6.20 Å². The van der Waals surface area contributed by atoms with E-state index in [-0.39, 0.29) is 18.0 Å². The average molecular weight is 251 g/mol. The summed E-state index contributed by atoms with van der Waals surface area (Å²) in [4.78, 5) is 18.4. The Bertz CT molecular complexity index is 416. The van der Waals surface area contributed by atoms with Crippen LogP contribution in [0.1, 0.15) is 37.8 Å². The highest BCUT2D eigenvalue weighted by atomic mass is 16.4. The molecule has 2 atom stereocenters. The molecule has 1 fully saturated rings. The Hall–Kier alpha value is -1.36. The quantitative estimate of drug-likeness (QED) is 0.884. The number of likely N-dealkylation sites (N-methyl/N-ethyl adjacent to an activating group) is 1. The summed E-state index contributed by atoms with van der Waals surface area (Å²) in [7, 11) is 1.84. The zero-order valence-electron chi connectivity index (χ0n) is 11.3. The molecule has 2 rings (SSSR count). The summed E-state index contributed by atoms with van der Waals surface area (Å²) < 4.78 is 5.47. The van der Waals surface area contributed by atoms with Crippen molar-refractivity contribution in [1.82, 2.24) is 15.2 Å². The first-order chi connectivity index (χ1) is 8.61. The third kappa shape index (κ3) is 2.72. The van der Waals surface area contributed by atoms with Gasteiger partial charge in [-0.05, 0) is 33.2 Å². The lowest BCUT2D eigenvalue weighted by atomic mass is 10.1. The summed E-state index contributed by atoms with van der Waals surface area (Å²) in [6.45, 7) is 4.42. The van der Waals surface area contributed by atoms with Crippen LogP contribution in [0.2, 0.25) is 0 Å². The Labute approximate surface area is 108 Å². The smallest absolute Gasteiger partial charge is 0.240 e. The number of carbonyl (C=O) groups is 1. The van der Waals surface area contributed by atoms with E-state index in [9.17, 15) is 4.79 Å². The lowest BCUT2D eigenvalue weighted by Gasteiger charge is -2.28. The van der Waals surface area contributed by atoms with Gasteiger partial charge in [-0.2, -0.15) is 0 Å². The van der Waals surface area contributed by atoms with Crippen LogP contribution in [0.4, 0.5) is 0 Å². The number of aromatic nitrogens is 1. The molecule has 5 heteroatoms. The van der Waals surface area contributed by atoms with Gasteiger partial charge in [-0.25, -0.2) is 4.98 Å². The Kier molecular flexibility index (Phi) is 4.01. The van der Waals surface area contributed by atoms with Crippen LogP contribution in [0.5, 0.6) is 0 Å². The zero-order chi connectivity index (χ0) is 13.1. The Morgan fingerprint density at radius 2 is 2.33 bits per heavy atom. The van der Waals surface area contributed by atoms with E-state index in [4.69, 9.17) is 4.42 Å². The van der Waals surface area contributed by atoms with Gasteiger partial charge in [-0.3, -0.25) is 4.79 Å². The lowest BCUT2D eigenvalue weighted by Crippen LogP contribution is -2.46. The molecule has 18 heavy (non-hydrogen) atoms. The highest BCUT2D eigenvalue weighted by Gasteiger charge is 2.30. The fraction of sp³-hybridized carbons (Fsp3) is 0.692. The van der Waals surface area contributed by atoms with E-state index in [1.807, 2.05) is 18.9 Å². The van der Waals surface area contributed by atoms with E-state index in [0.717, 1.165) is 25.0 Å². The van der Waals surface area contributed by atoms with Crippen LogP contribution in [0.25, 0.3) is 0 Å². The van der Waals surface area contributed by atoms with E-state index in [0.29, 0.717) is 12.4 Å². The second kappa shape index (κ2) is 5.52. The van der Waals surface area contributed by atoms with Crippen LogP contribution in [-0.4, -0.2) is 34.9 Å². The molecule has 0 spiro atoms. The van der Waals surface area contributed by atoms with Gasteiger partial charge in [-0.15, -0.1) is 0 Å². The van der Waals surface area contributed by atoms with Crippen molar-refractivity contribution in [2.45, 2.75) is 51.7 Å². The van der Waals surface area contributed by atoms with Crippen molar-refractivity contribution in [2.24, 2.45) is 0 Å². The van der Waals surface area contributed by atoms with Crippen LogP contribution in [0, 0.1) is 6.92 Å². The van der Waals surface area contributed by atoms with Gasteiger partial charge in [0.15, 0.2) is 5.89 Å². The van der Waals surface area contributed by atoms with Crippen molar-refractivity contribution in [1.29, 1.82) is 0 Å². The summed E-state index contributed by atoms with van der Waals surface area (Å²) in [6, 6.07) is 0.181. The summed E-state index contributed by atoms with van der Waals surface area (Å²) in [5.41, 5.74) is 0. The predicted octanol–water partition coefficient (Wildman–Crippen LogP) is 1.47. The van der Waals surface area contributed by atoms with Gasteiger partial charge in [0, 0.05) is 13.0 Å². The molecule has 0 aromatic carbocycles. The van der Waals surface area contributed by atoms with Gasteiger partial charge >= 0.3 is 0 Å². The molecule has 1 aromatic rings. The third-order valence-electron chi connectivity index (χ3n) is 3.57. The number of hydrogen-bond acceptors (Lipinski definition) is 4. The first kappa shape index (κ1) is 13.1. The molecule has 1 aromatic heterocycles. The van der Waals surface area contributed by atoms with Gasteiger partial charge < -0.3 is 14.6 Å². The molecule has 0 aliphatic carbocycles. The normalized spacial score (nSPS) is 25.3. The SMILES string of the molecule is CNC1CCCC(C)N(Cc2cnc(C)o2)C1=O. The second-order valence-corrected chi connectivity index (χ2v) is 4.93. The molecule has 0 saturated carbocycles. The average Bonchev–Trinajstić information content (AvgIpc) is 2.70. The molecule has 1 aliphatic rings. The first-order valence-corrected chi connectivity index (χ1v) is 6.51. The molecule has 1 saturated heterocycles. The number of rotatable bonds is 3. The largest absolute Gasteiger partial charge is 0.444 e. The number of oxazole rings is 1. The van der Waals surface area contributed by atoms with Crippen LogP contribution < -0.4 is 5.32 Å². The van der Waals surface area contributed by atoms with Crippen LogP contribution in [0.3, 0.4) is 0 Å². The maximum atomic E-state index is 12.4. The van der Waals surface area contributed by atoms with Crippen LogP contribution >= 0.6 is 0 Å². The highest BCUT2D eigenvalue weighted by Crippen LogP contribution is 2.20. The monoisotopic (exact) mass is 251 g/mol. The first-order valence-electron chi connectivity index (χ1n) is 6.51. The Morgan fingerprint density at radius 1 is 1.56 bits per heavy atom. The van der Waals surface area contributed by atoms with E-state index < -0.39 is 0 Å². The molecule has 1 N–H and O–H groups in total. The van der Waals surface area contributed by atoms with Gasteiger partial charge in [0.25, 0.3) is 0 Å². The van der Waals surface area contributed by atoms with Crippen molar-refractivity contribution in [3.05, 3.63) is 17.8 Å². The Balaban J connectivity index is 2.13. The minimum Gasteiger partial charge on any atom is -0.444 e.